The van der Waals surface area contributed by atoms with Crippen molar-refractivity contribution in [3.63, 3.8) is 0 Å². The number of methoxy groups -OCH3 is 3. The van der Waals surface area contributed by atoms with E-state index in [9.17, 15) is 14.0 Å². The molecule has 47 heavy (non-hydrogen) atoms. The van der Waals surface area contributed by atoms with Crippen LogP contribution in [0.5, 0.6) is 17.2 Å². The number of hydrogen-bond donors (Lipinski definition) is 1. The summed E-state index contributed by atoms with van der Waals surface area (Å²) in [6, 6.07) is 28.8. The largest absolute Gasteiger partial charge is 0.497 e. The van der Waals surface area contributed by atoms with Crippen LogP contribution in [0.25, 0.3) is 16.9 Å². The molecule has 0 spiro atoms. The number of aromatic nitrogens is 2. The number of thioether (sulfide) groups is 1. The zero-order valence-corrected chi connectivity index (χ0v) is 26.9. The van der Waals surface area contributed by atoms with Crippen molar-refractivity contribution < 1.29 is 28.2 Å². The summed E-state index contributed by atoms with van der Waals surface area (Å²) in [5, 5.41) is 7.64. The fourth-order valence-corrected chi connectivity index (χ4v) is 6.70. The molecule has 11 heteroatoms. The maximum absolute atomic E-state index is 14.0. The molecule has 0 radical (unpaired) electrons. The molecule has 0 bridgehead atoms. The standard InChI is InChI=1S/C36H33FN4O5S/c1-44-28-16-14-27(15-17-28)41-36-33(34(39-41)24-7-5-4-6-8-24)35(25-11-18-29(45-2)30(19-25)46-3)47-22-32(43)40(36)21-31(42)38-20-23-9-12-26(37)13-10-23/h4-19,35H,20-22H2,1-3H3,(H,38,42). The molecule has 2 heterocycles. The van der Waals surface area contributed by atoms with Crippen molar-refractivity contribution in [1.29, 1.82) is 0 Å². The minimum absolute atomic E-state index is 0.107. The van der Waals surface area contributed by atoms with Gasteiger partial charge < -0.3 is 19.5 Å². The van der Waals surface area contributed by atoms with Gasteiger partial charge in [0.25, 0.3) is 0 Å². The van der Waals surface area contributed by atoms with Crippen LogP contribution in [0.4, 0.5) is 10.2 Å². The lowest BCUT2D eigenvalue weighted by Gasteiger charge is -2.23. The molecule has 1 aliphatic heterocycles. The molecule has 4 aromatic carbocycles. The van der Waals surface area contributed by atoms with E-state index in [1.165, 1.54) is 28.8 Å². The summed E-state index contributed by atoms with van der Waals surface area (Å²) >= 11 is 1.46. The van der Waals surface area contributed by atoms with Gasteiger partial charge in [-0.15, -0.1) is 11.8 Å². The first-order chi connectivity index (χ1) is 22.9. The smallest absolute Gasteiger partial charge is 0.240 e. The number of amides is 2. The van der Waals surface area contributed by atoms with Gasteiger partial charge in [-0.05, 0) is 59.7 Å². The molecular formula is C36H33FN4O5S. The Labute approximate surface area is 276 Å². The van der Waals surface area contributed by atoms with Crippen LogP contribution in [0.15, 0.2) is 97.1 Å². The molecule has 240 valence electrons. The Morgan fingerprint density at radius 3 is 2.32 bits per heavy atom. The topological polar surface area (TPSA) is 94.9 Å². The average Bonchev–Trinajstić information content (AvgIpc) is 3.44. The van der Waals surface area contributed by atoms with Gasteiger partial charge in [0.2, 0.25) is 11.8 Å². The number of ether oxygens (including phenoxy) is 3. The minimum atomic E-state index is -0.369. The summed E-state index contributed by atoms with van der Waals surface area (Å²) in [7, 11) is 4.76. The van der Waals surface area contributed by atoms with Crippen molar-refractivity contribution in [3.05, 3.63) is 120 Å². The number of benzene rings is 4. The number of rotatable bonds is 10. The highest BCUT2D eigenvalue weighted by atomic mass is 32.2. The van der Waals surface area contributed by atoms with Gasteiger partial charge in [-0.25, -0.2) is 9.07 Å². The van der Waals surface area contributed by atoms with Crippen LogP contribution in [0.1, 0.15) is 21.9 Å². The zero-order chi connectivity index (χ0) is 32.9. The second-order valence-corrected chi connectivity index (χ2v) is 11.8. The molecule has 6 rings (SSSR count). The Morgan fingerprint density at radius 1 is 0.915 bits per heavy atom. The highest BCUT2D eigenvalue weighted by molar-refractivity contribution is 8.00. The Bertz CT molecular complexity index is 1880. The molecule has 0 saturated heterocycles. The molecule has 1 aliphatic rings. The van der Waals surface area contributed by atoms with E-state index < -0.39 is 0 Å². The molecule has 1 unspecified atom stereocenters. The van der Waals surface area contributed by atoms with Gasteiger partial charge in [-0.1, -0.05) is 48.5 Å². The average molecular weight is 653 g/mol. The quantitative estimate of drug-likeness (QED) is 0.192. The van der Waals surface area contributed by atoms with E-state index >= 15 is 0 Å². The normalized spacial score (nSPS) is 14.3. The first-order valence-electron chi connectivity index (χ1n) is 14.9. The summed E-state index contributed by atoms with van der Waals surface area (Å²) in [5.74, 6) is 1.44. The van der Waals surface area contributed by atoms with Crippen molar-refractivity contribution >= 4 is 29.4 Å². The summed E-state index contributed by atoms with van der Waals surface area (Å²) < 4.78 is 31.7. The van der Waals surface area contributed by atoms with Crippen molar-refractivity contribution in [2.45, 2.75) is 11.8 Å². The lowest BCUT2D eigenvalue weighted by molar-refractivity contribution is -0.123. The van der Waals surface area contributed by atoms with E-state index in [0.29, 0.717) is 34.4 Å². The molecule has 0 fully saturated rings. The highest BCUT2D eigenvalue weighted by Gasteiger charge is 2.38. The Morgan fingerprint density at radius 2 is 1.64 bits per heavy atom. The molecular weight excluding hydrogens is 619 g/mol. The Hall–Kier alpha value is -5.29. The lowest BCUT2D eigenvalue weighted by atomic mass is 9.99. The first kappa shape index (κ1) is 31.7. The maximum Gasteiger partial charge on any atom is 0.240 e. The predicted molar refractivity (Wildman–Crippen MR) is 180 cm³/mol. The van der Waals surface area contributed by atoms with Crippen LogP contribution < -0.4 is 24.4 Å². The SMILES string of the molecule is COc1ccc(-n2nc(-c3ccccc3)c3c2N(CC(=O)NCc2ccc(F)cc2)C(=O)CSC3c2ccc(OC)c(OC)c2)cc1. The van der Waals surface area contributed by atoms with E-state index in [0.717, 1.165) is 22.3 Å². The van der Waals surface area contributed by atoms with E-state index in [-0.39, 0.29) is 41.7 Å². The van der Waals surface area contributed by atoms with E-state index in [1.807, 2.05) is 72.8 Å². The second kappa shape index (κ2) is 14.0. The van der Waals surface area contributed by atoms with Crippen LogP contribution >= 0.6 is 11.8 Å². The number of nitrogens with zero attached hydrogens (tertiary/aromatic N) is 3. The molecule has 2 amide bonds. The number of carbonyl (C=O) groups is 2. The molecule has 5 aromatic rings. The summed E-state index contributed by atoms with van der Waals surface area (Å²) in [4.78, 5) is 29.0. The van der Waals surface area contributed by atoms with E-state index in [1.54, 1.807) is 38.1 Å². The van der Waals surface area contributed by atoms with Crippen LogP contribution in [0.3, 0.4) is 0 Å². The number of nitrogens with one attached hydrogen (secondary N) is 1. The number of hydrogen-bond acceptors (Lipinski definition) is 7. The monoisotopic (exact) mass is 652 g/mol. The number of halogens is 1. The van der Waals surface area contributed by atoms with Gasteiger partial charge in [0.1, 0.15) is 23.9 Å². The third-order valence-corrected chi connectivity index (χ3v) is 9.12. The summed E-state index contributed by atoms with van der Waals surface area (Å²) in [6.45, 7) is -0.0631. The third-order valence-electron chi connectivity index (χ3n) is 7.87. The fourth-order valence-electron chi connectivity index (χ4n) is 5.51. The zero-order valence-electron chi connectivity index (χ0n) is 26.1. The molecule has 0 saturated carbocycles. The second-order valence-electron chi connectivity index (χ2n) is 10.8. The van der Waals surface area contributed by atoms with Gasteiger partial charge in [0.15, 0.2) is 11.5 Å². The van der Waals surface area contributed by atoms with Crippen molar-refractivity contribution in [2.24, 2.45) is 0 Å². The minimum Gasteiger partial charge on any atom is -0.497 e. The van der Waals surface area contributed by atoms with Crippen LogP contribution in [-0.4, -0.2) is 55.2 Å². The molecule has 1 atom stereocenters. The summed E-state index contributed by atoms with van der Waals surface area (Å²) in [5.41, 5.74) is 4.62. The van der Waals surface area contributed by atoms with Gasteiger partial charge in [0, 0.05) is 17.7 Å². The molecule has 0 aliphatic carbocycles. The lowest BCUT2D eigenvalue weighted by Crippen LogP contribution is -2.42. The van der Waals surface area contributed by atoms with Gasteiger partial charge in [-0.2, -0.15) is 5.10 Å². The van der Waals surface area contributed by atoms with Gasteiger partial charge in [-0.3, -0.25) is 14.5 Å². The van der Waals surface area contributed by atoms with Crippen molar-refractivity contribution in [3.8, 4) is 34.2 Å². The summed E-state index contributed by atoms with van der Waals surface area (Å²) in [6.07, 6.45) is 0. The number of fused-ring (bicyclic) bond motifs is 1. The van der Waals surface area contributed by atoms with Crippen molar-refractivity contribution in [2.75, 3.05) is 38.5 Å². The number of carbonyl (C=O) groups excluding carboxylic acids is 2. The number of anilines is 1. The Balaban J connectivity index is 1.51. The fraction of sp³-hybridized carbons (Fsp3) is 0.194. The van der Waals surface area contributed by atoms with Crippen molar-refractivity contribution in [1.82, 2.24) is 15.1 Å². The highest BCUT2D eigenvalue weighted by Crippen LogP contribution is 2.49. The van der Waals surface area contributed by atoms with Crippen LogP contribution in [0, 0.1) is 5.82 Å². The molecule has 1 N–H and O–H groups in total. The van der Waals surface area contributed by atoms with Gasteiger partial charge in [0.05, 0.1) is 43.7 Å². The Kier molecular flexibility index (Phi) is 9.44. The maximum atomic E-state index is 14.0. The van der Waals surface area contributed by atoms with Crippen LogP contribution in [0.2, 0.25) is 0 Å². The predicted octanol–water partition coefficient (Wildman–Crippen LogP) is 6.19. The van der Waals surface area contributed by atoms with Crippen LogP contribution in [-0.2, 0) is 16.1 Å². The van der Waals surface area contributed by atoms with E-state index in [4.69, 9.17) is 19.3 Å². The third kappa shape index (κ3) is 6.66. The molecule has 1 aromatic heterocycles. The van der Waals surface area contributed by atoms with Gasteiger partial charge >= 0.3 is 0 Å². The van der Waals surface area contributed by atoms with E-state index in [2.05, 4.69) is 5.32 Å². The molecule has 9 nitrogen and oxygen atoms in total. The first-order valence-corrected chi connectivity index (χ1v) is 15.9.